The van der Waals surface area contributed by atoms with Crippen molar-refractivity contribution in [2.75, 3.05) is 19.8 Å². The summed E-state index contributed by atoms with van der Waals surface area (Å²) < 4.78 is 10.7. The third-order valence-electron chi connectivity index (χ3n) is 1.86. The highest BCUT2D eigenvalue weighted by molar-refractivity contribution is 6.29. The lowest BCUT2D eigenvalue weighted by Gasteiger charge is -2.07. The van der Waals surface area contributed by atoms with E-state index in [1.807, 2.05) is 6.92 Å². The Labute approximate surface area is 101 Å². The third-order valence-corrected chi connectivity index (χ3v) is 2.05. The van der Waals surface area contributed by atoms with E-state index in [4.69, 9.17) is 21.1 Å². The lowest BCUT2D eigenvalue weighted by molar-refractivity contribution is 0.0989. The summed E-state index contributed by atoms with van der Waals surface area (Å²) in [4.78, 5) is 8.25. The van der Waals surface area contributed by atoms with Crippen LogP contribution in [-0.2, 0) is 11.2 Å². The SMILES string of the molecule is CCCOCCOc1cc(Cl)nc(CC)n1. The second kappa shape index (κ2) is 7.41. The normalized spacial score (nSPS) is 10.4. The van der Waals surface area contributed by atoms with E-state index in [1.165, 1.54) is 0 Å². The number of hydrogen-bond acceptors (Lipinski definition) is 4. The summed E-state index contributed by atoms with van der Waals surface area (Å²) >= 11 is 5.83. The van der Waals surface area contributed by atoms with E-state index in [0.717, 1.165) is 19.4 Å². The average molecular weight is 245 g/mol. The zero-order valence-electron chi connectivity index (χ0n) is 9.70. The molecule has 0 saturated carbocycles. The minimum Gasteiger partial charge on any atom is -0.475 e. The summed E-state index contributed by atoms with van der Waals surface area (Å²) in [6, 6.07) is 1.61. The lowest BCUT2D eigenvalue weighted by atomic mass is 10.4. The van der Waals surface area contributed by atoms with E-state index in [9.17, 15) is 0 Å². The molecule has 0 bridgehead atoms. The highest BCUT2D eigenvalue weighted by atomic mass is 35.5. The van der Waals surface area contributed by atoms with Crippen LogP contribution < -0.4 is 4.74 Å². The predicted octanol–water partition coefficient (Wildman–Crippen LogP) is 2.50. The summed E-state index contributed by atoms with van der Waals surface area (Å²) in [6.07, 6.45) is 1.75. The van der Waals surface area contributed by atoms with Gasteiger partial charge in [-0.1, -0.05) is 25.4 Å². The van der Waals surface area contributed by atoms with Crippen molar-refractivity contribution >= 4 is 11.6 Å². The van der Waals surface area contributed by atoms with Crippen molar-refractivity contribution in [3.63, 3.8) is 0 Å². The zero-order valence-corrected chi connectivity index (χ0v) is 10.5. The van der Waals surface area contributed by atoms with Crippen LogP contribution in [0.1, 0.15) is 26.1 Å². The predicted molar refractivity (Wildman–Crippen MR) is 63.0 cm³/mol. The van der Waals surface area contributed by atoms with Gasteiger partial charge in [-0.2, -0.15) is 4.98 Å². The monoisotopic (exact) mass is 244 g/mol. The van der Waals surface area contributed by atoms with Crippen molar-refractivity contribution in [3.8, 4) is 5.88 Å². The van der Waals surface area contributed by atoms with Gasteiger partial charge >= 0.3 is 0 Å². The first-order chi connectivity index (χ1) is 7.76. The number of ether oxygens (including phenoxy) is 2. The van der Waals surface area contributed by atoms with Crippen LogP contribution in [0.15, 0.2) is 6.07 Å². The van der Waals surface area contributed by atoms with Crippen LogP contribution in [0, 0.1) is 0 Å². The topological polar surface area (TPSA) is 44.2 Å². The molecule has 16 heavy (non-hydrogen) atoms. The molecule has 4 nitrogen and oxygen atoms in total. The van der Waals surface area contributed by atoms with Gasteiger partial charge in [0.1, 0.15) is 17.6 Å². The Bertz CT molecular complexity index is 321. The molecule has 0 aliphatic heterocycles. The van der Waals surface area contributed by atoms with Gasteiger partial charge in [-0.3, -0.25) is 0 Å². The highest BCUT2D eigenvalue weighted by Gasteiger charge is 2.02. The van der Waals surface area contributed by atoms with Gasteiger partial charge in [0.15, 0.2) is 0 Å². The number of aromatic nitrogens is 2. The van der Waals surface area contributed by atoms with Crippen LogP contribution in [0.3, 0.4) is 0 Å². The molecule has 1 aromatic rings. The van der Waals surface area contributed by atoms with Crippen LogP contribution in [0.5, 0.6) is 5.88 Å². The Morgan fingerprint density at radius 1 is 1.19 bits per heavy atom. The molecule has 0 spiro atoms. The van der Waals surface area contributed by atoms with Gasteiger partial charge in [-0.15, -0.1) is 0 Å². The molecule has 90 valence electrons. The molecule has 0 fully saturated rings. The third kappa shape index (κ3) is 4.77. The van der Waals surface area contributed by atoms with Crippen molar-refractivity contribution < 1.29 is 9.47 Å². The lowest BCUT2D eigenvalue weighted by Crippen LogP contribution is -2.08. The summed E-state index contributed by atoms with van der Waals surface area (Å²) in [6.45, 7) is 5.85. The van der Waals surface area contributed by atoms with Crippen molar-refractivity contribution in [1.82, 2.24) is 9.97 Å². The standard InChI is InChI=1S/C11H17ClN2O2/c1-3-5-15-6-7-16-11-8-9(12)13-10(4-2)14-11/h8H,3-7H2,1-2H3. The first kappa shape index (κ1) is 13.2. The van der Waals surface area contributed by atoms with Gasteiger partial charge in [-0.05, 0) is 6.42 Å². The maximum absolute atomic E-state index is 5.83. The maximum Gasteiger partial charge on any atom is 0.218 e. The van der Waals surface area contributed by atoms with Gasteiger partial charge in [0.05, 0.1) is 6.61 Å². The first-order valence-corrected chi connectivity index (χ1v) is 5.88. The largest absolute Gasteiger partial charge is 0.475 e. The molecule has 0 saturated heterocycles. The van der Waals surface area contributed by atoms with Crippen molar-refractivity contribution in [2.24, 2.45) is 0 Å². The number of nitrogens with zero attached hydrogens (tertiary/aromatic N) is 2. The molecule has 0 amide bonds. The second-order valence-electron chi connectivity index (χ2n) is 3.26. The van der Waals surface area contributed by atoms with E-state index in [1.54, 1.807) is 6.07 Å². The van der Waals surface area contributed by atoms with Crippen LogP contribution >= 0.6 is 11.6 Å². The summed E-state index contributed by atoms with van der Waals surface area (Å²) in [5, 5.41) is 0.413. The maximum atomic E-state index is 5.83. The number of aryl methyl sites for hydroxylation is 1. The molecule has 5 heteroatoms. The number of hydrogen-bond donors (Lipinski definition) is 0. The number of halogens is 1. The van der Waals surface area contributed by atoms with E-state index in [2.05, 4.69) is 16.9 Å². The highest BCUT2D eigenvalue weighted by Crippen LogP contribution is 2.13. The van der Waals surface area contributed by atoms with E-state index in [-0.39, 0.29) is 0 Å². The minimum absolute atomic E-state index is 0.413. The molecule has 0 atom stereocenters. The molecule has 0 aromatic carbocycles. The molecule has 1 aromatic heterocycles. The Kier molecular flexibility index (Phi) is 6.11. The van der Waals surface area contributed by atoms with Crippen LogP contribution in [0.2, 0.25) is 5.15 Å². The van der Waals surface area contributed by atoms with Crippen molar-refractivity contribution in [3.05, 3.63) is 17.0 Å². The smallest absolute Gasteiger partial charge is 0.218 e. The zero-order chi connectivity index (χ0) is 11.8. The Morgan fingerprint density at radius 2 is 2.00 bits per heavy atom. The van der Waals surface area contributed by atoms with E-state index >= 15 is 0 Å². The van der Waals surface area contributed by atoms with Gasteiger partial charge < -0.3 is 9.47 Å². The van der Waals surface area contributed by atoms with Crippen LogP contribution in [0.25, 0.3) is 0 Å². The van der Waals surface area contributed by atoms with E-state index in [0.29, 0.717) is 30.1 Å². The molecule has 0 aliphatic rings. The molecule has 0 unspecified atom stereocenters. The molecule has 0 aliphatic carbocycles. The van der Waals surface area contributed by atoms with Crippen molar-refractivity contribution in [2.45, 2.75) is 26.7 Å². The first-order valence-electron chi connectivity index (χ1n) is 5.50. The molecule has 1 heterocycles. The van der Waals surface area contributed by atoms with Crippen molar-refractivity contribution in [1.29, 1.82) is 0 Å². The Hall–Kier alpha value is -0.870. The van der Waals surface area contributed by atoms with E-state index < -0.39 is 0 Å². The molecule has 1 rings (SSSR count). The summed E-state index contributed by atoms with van der Waals surface area (Å²) in [5.41, 5.74) is 0. The molecular weight excluding hydrogens is 228 g/mol. The fourth-order valence-corrected chi connectivity index (χ4v) is 1.32. The minimum atomic E-state index is 0.413. The van der Waals surface area contributed by atoms with Gasteiger partial charge in [-0.25, -0.2) is 4.98 Å². The molecular formula is C11H17ClN2O2. The average Bonchev–Trinajstić information content (AvgIpc) is 2.28. The van der Waals surface area contributed by atoms with Gasteiger partial charge in [0.2, 0.25) is 5.88 Å². The quantitative estimate of drug-likeness (QED) is 0.546. The van der Waals surface area contributed by atoms with Crippen LogP contribution in [0.4, 0.5) is 0 Å². The van der Waals surface area contributed by atoms with Gasteiger partial charge in [0.25, 0.3) is 0 Å². The van der Waals surface area contributed by atoms with Crippen LogP contribution in [-0.4, -0.2) is 29.8 Å². The Balaban J connectivity index is 2.38. The fourth-order valence-electron chi connectivity index (χ4n) is 1.13. The number of rotatable bonds is 7. The summed E-state index contributed by atoms with van der Waals surface area (Å²) in [5.74, 6) is 1.20. The molecule has 0 radical (unpaired) electrons. The summed E-state index contributed by atoms with van der Waals surface area (Å²) in [7, 11) is 0. The fraction of sp³-hybridized carbons (Fsp3) is 0.636. The van der Waals surface area contributed by atoms with Gasteiger partial charge in [0, 0.05) is 19.1 Å². The molecule has 0 N–H and O–H groups in total. The second-order valence-corrected chi connectivity index (χ2v) is 3.65. The Morgan fingerprint density at radius 3 is 2.69 bits per heavy atom.